The van der Waals surface area contributed by atoms with E-state index in [9.17, 15) is 4.39 Å². The van der Waals surface area contributed by atoms with Gasteiger partial charge in [-0.15, -0.1) is 0 Å². The van der Waals surface area contributed by atoms with Gasteiger partial charge in [0.05, 0.1) is 17.1 Å². The average Bonchev–Trinajstić information content (AvgIpc) is 3.11. The number of fused-ring (bicyclic) bond motifs is 2. The van der Waals surface area contributed by atoms with E-state index in [2.05, 4.69) is 26.0 Å². The predicted octanol–water partition coefficient (Wildman–Crippen LogP) is 4.21. The lowest BCUT2D eigenvalue weighted by Crippen LogP contribution is -1.98. The minimum atomic E-state index is -0.304. The van der Waals surface area contributed by atoms with Gasteiger partial charge in [-0.3, -0.25) is 9.97 Å². The van der Waals surface area contributed by atoms with Gasteiger partial charge in [-0.2, -0.15) is 0 Å². The molecule has 4 nitrogen and oxygen atoms in total. The first-order chi connectivity index (χ1) is 12.8. The molecule has 5 heteroatoms. The number of rotatable bonds is 2. The zero-order valence-corrected chi connectivity index (χ0v) is 13.7. The summed E-state index contributed by atoms with van der Waals surface area (Å²) < 4.78 is 14.3. The van der Waals surface area contributed by atoms with Crippen molar-refractivity contribution in [1.82, 2.24) is 19.9 Å². The van der Waals surface area contributed by atoms with Crippen molar-refractivity contribution in [3.63, 3.8) is 0 Å². The van der Waals surface area contributed by atoms with Crippen LogP contribution >= 0.6 is 0 Å². The van der Waals surface area contributed by atoms with Crippen molar-refractivity contribution in [2.45, 2.75) is 6.42 Å². The number of pyridine rings is 2. The Balaban J connectivity index is 1.79. The van der Waals surface area contributed by atoms with Crippen LogP contribution < -0.4 is 0 Å². The molecule has 0 atom stereocenters. The van der Waals surface area contributed by atoms with Crippen LogP contribution in [0.2, 0.25) is 0 Å². The van der Waals surface area contributed by atoms with Gasteiger partial charge in [0.15, 0.2) is 5.65 Å². The van der Waals surface area contributed by atoms with E-state index in [-0.39, 0.29) is 5.82 Å². The van der Waals surface area contributed by atoms with Gasteiger partial charge in [-0.1, -0.05) is 18.2 Å². The van der Waals surface area contributed by atoms with Crippen LogP contribution in [-0.4, -0.2) is 19.9 Å². The van der Waals surface area contributed by atoms with E-state index >= 15 is 0 Å². The molecule has 26 heavy (non-hydrogen) atoms. The van der Waals surface area contributed by atoms with Gasteiger partial charge >= 0.3 is 0 Å². The monoisotopic (exact) mass is 340 g/mol. The molecule has 0 aliphatic heterocycles. The summed E-state index contributed by atoms with van der Waals surface area (Å²) in [6, 6.07) is 12.4. The molecular weight excluding hydrogens is 327 g/mol. The van der Waals surface area contributed by atoms with E-state index < -0.39 is 0 Å². The van der Waals surface area contributed by atoms with Crippen LogP contribution in [0, 0.1) is 5.82 Å². The average molecular weight is 340 g/mol. The number of benzene rings is 1. The molecule has 3 aromatic heterocycles. The summed E-state index contributed by atoms with van der Waals surface area (Å²) in [4.78, 5) is 17.9. The standard InChI is InChI=1S/C21H13FN4/c22-17-6-2-1-4-15(17)19-12-16(14-5-3-9-25-21(14)26-19)13-7-8-18-20(13)24-11-10-23-18/h1-7,9-12H,8H2. The van der Waals surface area contributed by atoms with Crippen LogP contribution in [0.25, 0.3) is 27.9 Å². The van der Waals surface area contributed by atoms with Gasteiger partial charge in [0.2, 0.25) is 0 Å². The molecule has 1 aliphatic rings. The molecule has 0 bridgehead atoms. The summed E-state index contributed by atoms with van der Waals surface area (Å²) in [6.45, 7) is 0. The highest BCUT2D eigenvalue weighted by Crippen LogP contribution is 2.35. The summed E-state index contributed by atoms with van der Waals surface area (Å²) in [7, 11) is 0. The fraction of sp³-hybridized carbons (Fsp3) is 0.0476. The first kappa shape index (κ1) is 14.8. The van der Waals surface area contributed by atoms with Gasteiger partial charge in [0, 0.05) is 41.5 Å². The summed E-state index contributed by atoms with van der Waals surface area (Å²) in [6.07, 6.45) is 7.93. The van der Waals surface area contributed by atoms with Gasteiger partial charge < -0.3 is 0 Å². The first-order valence-electron chi connectivity index (χ1n) is 8.33. The molecule has 0 radical (unpaired) electrons. The Labute approximate surface area is 149 Å². The summed E-state index contributed by atoms with van der Waals surface area (Å²) in [5.41, 5.74) is 5.35. The van der Waals surface area contributed by atoms with Gasteiger partial charge in [0.1, 0.15) is 5.82 Å². The number of aromatic nitrogens is 4. The second-order valence-electron chi connectivity index (χ2n) is 6.08. The molecule has 0 spiro atoms. The molecule has 0 amide bonds. The molecule has 124 valence electrons. The highest BCUT2D eigenvalue weighted by atomic mass is 19.1. The van der Waals surface area contributed by atoms with E-state index in [1.165, 1.54) is 6.07 Å². The van der Waals surface area contributed by atoms with Crippen molar-refractivity contribution >= 4 is 16.6 Å². The molecule has 5 rings (SSSR count). The van der Waals surface area contributed by atoms with Crippen LogP contribution in [0.5, 0.6) is 0 Å². The maximum Gasteiger partial charge on any atom is 0.160 e. The van der Waals surface area contributed by atoms with E-state index in [0.29, 0.717) is 16.9 Å². The Kier molecular flexibility index (Phi) is 3.31. The van der Waals surface area contributed by atoms with Gasteiger partial charge in [0.25, 0.3) is 0 Å². The summed E-state index contributed by atoms with van der Waals surface area (Å²) in [5.74, 6) is -0.304. The second kappa shape index (κ2) is 5.81. The fourth-order valence-electron chi connectivity index (χ4n) is 3.36. The lowest BCUT2D eigenvalue weighted by Gasteiger charge is -2.11. The maximum absolute atomic E-state index is 14.3. The summed E-state index contributed by atoms with van der Waals surface area (Å²) in [5, 5.41) is 0.914. The van der Waals surface area contributed by atoms with E-state index in [1.54, 1.807) is 36.8 Å². The van der Waals surface area contributed by atoms with Crippen molar-refractivity contribution in [2.24, 2.45) is 0 Å². The Morgan fingerprint density at radius 3 is 2.65 bits per heavy atom. The zero-order chi connectivity index (χ0) is 17.5. The van der Waals surface area contributed by atoms with Crippen molar-refractivity contribution in [2.75, 3.05) is 0 Å². The number of hydrogen-bond donors (Lipinski definition) is 0. The van der Waals surface area contributed by atoms with Gasteiger partial charge in [-0.05, 0) is 35.9 Å². The topological polar surface area (TPSA) is 51.6 Å². The highest BCUT2D eigenvalue weighted by molar-refractivity contribution is 5.97. The molecule has 4 aromatic rings. The fourth-order valence-corrected chi connectivity index (χ4v) is 3.36. The first-order valence-corrected chi connectivity index (χ1v) is 8.33. The molecule has 1 aliphatic carbocycles. The highest BCUT2D eigenvalue weighted by Gasteiger charge is 2.21. The zero-order valence-electron chi connectivity index (χ0n) is 13.7. The lowest BCUT2D eigenvalue weighted by molar-refractivity contribution is 0.631. The van der Waals surface area contributed by atoms with Gasteiger partial charge in [-0.25, -0.2) is 14.4 Å². The minimum absolute atomic E-state index is 0.304. The Hall–Kier alpha value is -3.47. The van der Waals surface area contributed by atoms with Crippen molar-refractivity contribution in [3.8, 4) is 11.3 Å². The molecule has 0 saturated heterocycles. The predicted molar refractivity (Wildman–Crippen MR) is 97.7 cm³/mol. The molecule has 1 aromatic carbocycles. The quantitative estimate of drug-likeness (QED) is 0.548. The Morgan fingerprint density at radius 2 is 1.73 bits per heavy atom. The van der Waals surface area contributed by atoms with Crippen LogP contribution in [0.1, 0.15) is 17.0 Å². The molecular formula is C21H13FN4. The SMILES string of the molecule is Fc1ccccc1-c1cc(C2=CCc3nccnc32)c2cccnc2n1. The van der Waals surface area contributed by atoms with Crippen molar-refractivity contribution < 1.29 is 4.39 Å². The number of halogens is 1. The van der Waals surface area contributed by atoms with Crippen LogP contribution in [0.4, 0.5) is 4.39 Å². The van der Waals surface area contributed by atoms with Crippen molar-refractivity contribution in [1.29, 1.82) is 0 Å². The van der Waals surface area contributed by atoms with E-state index in [1.807, 2.05) is 18.2 Å². The largest absolute Gasteiger partial charge is 0.257 e. The van der Waals surface area contributed by atoms with Crippen molar-refractivity contribution in [3.05, 3.63) is 89.9 Å². The lowest BCUT2D eigenvalue weighted by atomic mass is 9.98. The third kappa shape index (κ3) is 2.29. The maximum atomic E-state index is 14.3. The third-order valence-electron chi connectivity index (χ3n) is 4.55. The van der Waals surface area contributed by atoms with Crippen LogP contribution in [0.15, 0.2) is 67.1 Å². The van der Waals surface area contributed by atoms with E-state index in [0.717, 1.165) is 34.3 Å². The Bertz CT molecular complexity index is 1180. The second-order valence-corrected chi connectivity index (χ2v) is 6.08. The number of allylic oxidation sites excluding steroid dienone is 1. The van der Waals surface area contributed by atoms with E-state index in [4.69, 9.17) is 0 Å². The van der Waals surface area contributed by atoms with Crippen LogP contribution in [-0.2, 0) is 6.42 Å². The van der Waals surface area contributed by atoms with Crippen LogP contribution in [0.3, 0.4) is 0 Å². The normalized spacial score (nSPS) is 12.9. The summed E-state index contributed by atoms with van der Waals surface area (Å²) >= 11 is 0. The molecule has 0 fully saturated rings. The smallest absolute Gasteiger partial charge is 0.160 e. The molecule has 0 saturated carbocycles. The number of hydrogen-bond acceptors (Lipinski definition) is 4. The third-order valence-corrected chi connectivity index (χ3v) is 4.55. The molecule has 3 heterocycles. The molecule has 0 N–H and O–H groups in total. The Morgan fingerprint density at radius 1 is 0.846 bits per heavy atom. The molecule has 0 unspecified atom stereocenters. The minimum Gasteiger partial charge on any atom is -0.257 e. The number of nitrogens with zero attached hydrogens (tertiary/aromatic N) is 4.